The molecule has 1 fully saturated rings. The fourth-order valence-corrected chi connectivity index (χ4v) is 3.77. The van der Waals surface area contributed by atoms with Crippen LogP contribution in [0.5, 0.6) is 0 Å². The predicted molar refractivity (Wildman–Crippen MR) is 82.3 cm³/mol. The summed E-state index contributed by atoms with van der Waals surface area (Å²) >= 11 is 1.96. The molecular formula is C15H31NOS. The Morgan fingerprint density at radius 1 is 1.11 bits per heavy atom. The van der Waals surface area contributed by atoms with Gasteiger partial charge < -0.3 is 10.4 Å². The molecule has 0 amide bonds. The summed E-state index contributed by atoms with van der Waals surface area (Å²) in [7, 11) is 0. The van der Waals surface area contributed by atoms with E-state index in [2.05, 4.69) is 25.4 Å². The van der Waals surface area contributed by atoms with Gasteiger partial charge in [0.05, 0.1) is 5.60 Å². The zero-order valence-electron chi connectivity index (χ0n) is 12.4. The van der Waals surface area contributed by atoms with E-state index in [0.29, 0.717) is 4.75 Å². The molecule has 18 heavy (non-hydrogen) atoms. The molecule has 0 aromatic carbocycles. The van der Waals surface area contributed by atoms with E-state index in [1.807, 2.05) is 11.8 Å². The maximum absolute atomic E-state index is 10.6. The number of thioether (sulfide) groups is 1. The molecular weight excluding hydrogens is 242 g/mol. The van der Waals surface area contributed by atoms with Crippen LogP contribution in [0.3, 0.4) is 0 Å². The second-order valence-corrected chi connectivity index (χ2v) is 7.11. The first-order valence-electron chi connectivity index (χ1n) is 7.58. The van der Waals surface area contributed by atoms with Crippen molar-refractivity contribution in [1.82, 2.24) is 5.32 Å². The highest BCUT2D eigenvalue weighted by molar-refractivity contribution is 8.00. The summed E-state index contributed by atoms with van der Waals surface area (Å²) in [6.07, 6.45) is 11.5. The molecule has 2 N–H and O–H groups in total. The van der Waals surface area contributed by atoms with Crippen molar-refractivity contribution in [3.05, 3.63) is 0 Å². The SMILES string of the molecule is CCC(CC)(CNCC1(O)CCCCCC1)SC. The van der Waals surface area contributed by atoms with Gasteiger partial charge in [-0.05, 0) is 31.9 Å². The van der Waals surface area contributed by atoms with Gasteiger partial charge in [-0.1, -0.05) is 39.5 Å². The Morgan fingerprint density at radius 3 is 2.11 bits per heavy atom. The van der Waals surface area contributed by atoms with E-state index in [4.69, 9.17) is 0 Å². The molecule has 0 aromatic rings. The van der Waals surface area contributed by atoms with Gasteiger partial charge in [-0.25, -0.2) is 0 Å². The van der Waals surface area contributed by atoms with Gasteiger partial charge in [-0.3, -0.25) is 0 Å². The van der Waals surface area contributed by atoms with Crippen LogP contribution < -0.4 is 5.32 Å². The Bertz CT molecular complexity index is 212. The molecule has 0 aliphatic heterocycles. The molecule has 0 spiro atoms. The van der Waals surface area contributed by atoms with E-state index in [0.717, 1.165) is 25.9 Å². The summed E-state index contributed by atoms with van der Waals surface area (Å²) in [5.74, 6) is 0. The van der Waals surface area contributed by atoms with Gasteiger partial charge in [-0.15, -0.1) is 0 Å². The third-order valence-corrected chi connectivity index (χ3v) is 6.24. The van der Waals surface area contributed by atoms with Crippen LogP contribution in [0.2, 0.25) is 0 Å². The van der Waals surface area contributed by atoms with Gasteiger partial charge in [0.2, 0.25) is 0 Å². The number of aliphatic hydroxyl groups is 1. The smallest absolute Gasteiger partial charge is 0.0771 e. The first-order valence-corrected chi connectivity index (χ1v) is 8.80. The Kier molecular flexibility index (Phi) is 7.04. The lowest BCUT2D eigenvalue weighted by Gasteiger charge is -2.33. The average molecular weight is 273 g/mol. The monoisotopic (exact) mass is 273 g/mol. The van der Waals surface area contributed by atoms with Crippen molar-refractivity contribution in [2.45, 2.75) is 75.6 Å². The average Bonchev–Trinajstić information content (AvgIpc) is 2.61. The van der Waals surface area contributed by atoms with Crippen LogP contribution in [-0.2, 0) is 0 Å². The molecule has 1 aliphatic carbocycles. The number of hydrogen-bond donors (Lipinski definition) is 2. The molecule has 2 nitrogen and oxygen atoms in total. The summed E-state index contributed by atoms with van der Waals surface area (Å²) < 4.78 is 0.348. The quantitative estimate of drug-likeness (QED) is 0.695. The number of rotatable bonds is 7. The minimum atomic E-state index is -0.442. The fraction of sp³-hybridized carbons (Fsp3) is 1.00. The molecule has 0 bridgehead atoms. The van der Waals surface area contributed by atoms with E-state index < -0.39 is 5.60 Å². The van der Waals surface area contributed by atoms with Gasteiger partial charge >= 0.3 is 0 Å². The lowest BCUT2D eigenvalue weighted by molar-refractivity contribution is 0.0249. The predicted octanol–water partition coefficient (Wildman–Crippen LogP) is 3.58. The summed E-state index contributed by atoms with van der Waals surface area (Å²) in [4.78, 5) is 0. The van der Waals surface area contributed by atoms with Crippen LogP contribution in [0.25, 0.3) is 0 Å². The zero-order chi connectivity index (χ0) is 13.5. The highest BCUT2D eigenvalue weighted by Gasteiger charge is 2.30. The summed E-state index contributed by atoms with van der Waals surface area (Å²) in [5, 5.41) is 14.1. The Morgan fingerprint density at radius 2 is 1.67 bits per heavy atom. The van der Waals surface area contributed by atoms with E-state index in [1.165, 1.54) is 38.5 Å². The maximum Gasteiger partial charge on any atom is 0.0771 e. The molecule has 0 unspecified atom stereocenters. The van der Waals surface area contributed by atoms with Gasteiger partial charge in [0.1, 0.15) is 0 Å². The van der Waals surface area contributed by atoms with Crippen molar-refractivity contribution >= 4 is 11.8 Å². The molecule has 0 heterocycles. The molecule has 1 saturated carbocycles. The molecule has 0 radical (unpaired) electrons. The minimum absolute atomic E-state index is 0.348. The number of hydrogen-bond acceptors (Lipinski definition) is 3. The van der Waals surface area contributed by atoms with Crippen LogP contribution in [0.1, 0.15) is 65.2 Å². The normalized spacial score (nSPS) is 20.7. The molecule has 108 valence electrons. The highest BCUT2D eigenvalue weighted by Crippen LogP contribution is 2.30. The minimum Gasteiger partial charge on any atom is -0.389 e. The third kappa shape index (κ3) is 4.75. The standard InChI is InChI=1S/C15H31NOS/c1-4-15(5-2,18-3)13-16-12-14(17)10-8-6-7-9-11-14/h16-17H,4-13H2,1-3H3. The Labute approximate surface area is 117 Å². The second-order valence-electron chi connectivity index (χ2n) is 5.84. The van der Waals surface area contributed by atoms with E-state index in [1.54, 1.807) is 0 Å². The molecule has 0 saturated heterocycles. The van der Waals surface area contributed by atoms with Crippen molar-refractivity contribution in [2.75, 3.05) is 19.3 Å². The Hall–Kier alpha value is 0.270. The van der Waals surface area contributed by atoms with E-state index >= 15 is 0 Å². The van der Waals surface area contributed by atoms with E-state index in [9.17, 15) is 5.11 Å². The molecule has 1 aliphatic rings. The zero-order valence-corrected chi connectivity index (χ0v) is 13.2. The first kappa shape index (κ1) is 16.3. The van der Waals surface area contributed by atoms with Crippen LogP contribution in [0, 0.1) is 0 Å². The van der Waals surface area contributed by atoms with Gasteiger partial charge in [0.25, 0.3) is 0 Å². The van der Waals surface area contributed by atoms with Gasteiger partial charge in [0.15, 0.2) is 0 Å². The largest absolute Gasteiger partial charge is 0.389 e. The van der Waals surface area contributed by atoms with Crippen molar-refractivity contribution in [1.29, 1.82) is 0 Å². The van der Waals surface area contributed by atoms with E-state index in [-0.39, 0.29) is 0 Å². The summed E-state index contributed by atoms with van der Waals surface area (Å²) in [6, 6.07) is 0. The van der Waals surface area contributed by atoms with Crippen molar-refractivity contribution in [3.63, 3.8) is 0 Å². The maximum atomic E-state index is 10.6. The molecule has 3 heteroatoms. The highest BCUT2D eigenvalue weighted by atomic mass is 32.2. The van der Waals surface area contributed by atoms with Crippen molar-refractivity contribution < 1.29 is 5.11 Å². The topological polar surface area (TPSA) is 32.3 Å². The summed E-state index contributed by atoms with van der Waals surface area (Å²) in [6.45, 7) is 6.32. The lowest BCUT2D eigenvalue weighted by Crippen LogP contribution is -2.45. The molecule has 0 atom stereocenters. The van der Waals surface area contributed by atoms with Crippen molar-refractivity contribution in [2.24, 2.45) is 0 Å². The fourth-order valence-electron chi connectivity index (χ4n) is 2.95. The molecule has 1 rings (SSSR count). The van der Waals surface area contributed by atoms with Crippen LogP contribution in [-0.4, -0.2) is 34.8 Å². The molecule has 0 aromatic heterocycles. The van der Waals surface area contributed by atoms with Gasteiger partial charge in [0, 0.05) is 17.8 Å². The lowest BCUT2D eigenvalue weighted by atomic mass is 9.94. The number of nitrogens with one attached hydrogen (secondary N) is 1. The second kappa shape index (κ2) is 7.76. The van der Waals surface area contributed by atoms with Crippen LogP contribution in [0.15, 0.2) is 0 Å². The van der Waals surface area contributed by atoms with Crippen molar-refractivity contribution in [3.8, 4) is 0 Å². The van der Waals surface area contributed by atoms with Gasteiger partial charge in [-0.2, -0.15) is 11.8 Å². The third-order valence-electron chi connectivity index (χ3n) is 4.66. The summed E-state index contributed by atoms with van der Waals surface area (Å²) in [5.41, 5.74) is -0.442. The van der Waals surface area contributed by atoms with Crippen LogP contribution >= 0.6 is 11.8 Å². The Balaban J connectivity index is 2.39. The first-order chi connectivity index (χ1) is 8.60. The van der Waals surface area contributed by atoms with Crippen LogP contribution in [0.4, 0.5) is 0 Å².